The first kappa shape index (κ1) is 17.7. The fourth-order valence-electron chi connectivity index (χ4n) is 2.85. The van der Waals surface area contributed by atoms with Crippen molar-refractivity contribution in [2.45, 2.75) is 64.9 Å². The fourth-order valence-corrected chi connectivity index (χ4v) is 3.84. The average Bonchev–Trinajstić information content (AvgIpc) is 2.40. The zero-order valence-electron chi connectivity index (χ0n) is 12.9. The molecule has 2 nitrogen and oxygen atoms in total. The van der Waals surface area contributed by atoms with Crippen LogP contribution in [0.2, 0.25) is 0 Å². The van der Waals surface area contributed by atoms with Gasteiger partial charge in [-0.15, -0.1) is 0 Å². The summed E-state index contributed by atoms with van der Waals surface area (Å²) in [7, 11) is 0. The van der Waals surface area contributed by atoms with E-state index in [1.807, 2.05) is 0 Å². The van der Waals surface area contributed by atoms with Crippen molar-refractivity contribution < 1.29 is 9.47 Å². The minimum Gasteiger partial charge on any atom is -0.379 e. The lowest BCUT2D eigenvalue weighted by Gasteiger charge is -2.39. The highest BCUT2D eigenvalue weighted by Crippen LogP contribution is 2.38. The summed E-state index contributed by atoms with van der Waals surface area (Å²) in [5.41, 5.74) is 0.145. The maximum Gasteiger partial charge on any atom is 0.0772 e. The molecule has 0 bridgehead atoms. The number of halogens is 1. The van der Waals surface area contributed by atoms with E-state index >= 15 is 0 Å². The quantitative estimate of drug-likeness (QED) is 0.323. The van der Waals surface area contributed by atoms with Crippen LogP contribution in [0.3, 0.4) is 0 Å². The van der Waals surface area contributed by atoms with Gasteiger partial charge in [0.2, 0.25) is 0 Å². The second-order valence-corrected chi connectivity index (χ2v) is 7.13. The topological polar surface area (TPSA) is 18.5 Å². The van der Waals surface area contributed by atoms with Crippen LogP contribution in [-0.2, 0) is 9.47 Å². The van der Waals surface area contributed by atoms with Gasteiger partial charge in [0.1, 0.15) is 0 Å². The molecule has 0 aromatic carbocycles. The zero-order valence-corrected chi connectivity index (χ0v) is 15.1. The molecule has 3 heteroatoms. The lowest BCUT2D eigenvalue weighted by Crippen LogP contribution is -2.39. The Balaban J connectivity index is 2.21. The summed E-state index contributed by atoms with van der Waals surface area (Å²) >= 11 is 2.49. The van der Waals surface area contributed by atoms with Crippen LogP contribution in [0.5, 0.6) is 0 Å². The molecule has 0 atom stereocenters. The van der Waals surface area contributed by atoms with E-state index < -0.39 is 0 Å². The minimum atomic E-state index is 0.145. The monoisotopic (exact) mass is 382 g/mol. The molecule has 0 radical (unpaired) electrons. The second kappa shape index (κ2) is 9.56. The summed E-state index contributed by atoms with van der Waals surface area (Å²) in [5, 5.41) is 0. The summed E-state index contributed by atoms with van der Waals surface area (Å²) in [5.74, 6) is 1.56. The van der Waals surface area contributed by atoms with E-state index in [1.54, 1.807) is 0 Å². The van der Waals surface area contributed by atoms with Crippen LogP contribution in [0.4, 0.5) is 0 Å². The summed E-state index contributed by atoms with van der Waals surface area (Å²) in [6.07, 6.45) is 7.91. The number of alkyl halides is 1. The summed E-state index contributed by atoms with van der Waals surface area (Å²) in [4.78, 5) is 0. The van der Waals surface area contributed by atoms with Crippen LogP contribution < -0.4 is 0 Å². The molecule has 19 heavy (non-hydrogen) atoms. The smallest absolute Gasteiger partial charge is 0.0772 e. The first-order valence-electron chi connectivity index (χ1n) is 7.89. The van der Waals surface area contributed by atoms with Crippen molar-refractivity contribution in [1.29, 1.82) is 0 Å². The molecule has 1 aliphatic rings. The van der Waals surface area contributed by atoms with Crippen molar-refractivity contribution in [3.8, 4) is 0 Å². The molecule has 0 aromatic rings. The molecule has 0 heterocycles. The number of hydrogen-bond acceptors (Lipinski definition) is 2. The van der Waals surface area contributed by atoms with Crippen LogP contribution in [0.25, 0.3) is 0 Å². The van der Waals surface area contributed by atoms with Crippen LogP contribution >= 0.6 is 22.6 Å². The van der Waals surface area contributed by atoms with Crippen LogP contribution in [0.15, 0.2) is 0 Å². The van der Waals surface area contributed by atoms with Crippen molar-refractivity contribution in [2.75, 3.05) is 24.2 Å². The summed E-state index contributed by atoms with van der Waals surface area (Å²) in [6.45, 7) is 9.01. The van der Waals surface area contributed by atoms with Crippen molar-refractivity contribution in [3.05, 3.63) is 0 Å². The van der Waals surface area contributed by atoms with Gasteiger partial charge in [0.15, 0.2) is 0 Å². The Morgan fingerprint density at radius 2 is 1.89 bits per heavy atom. The van der Waals surface area contributed by atoms with Gasteiger partial charge in [0.05, 0.1) is 18.8 Å². The van der Waals surface area contributed by atoms with Crippen molar-refractivity contribution in [3.63, 3.8) is 0 Å². The molecular formula is C16H31IO2. The van der Waals surface area contributed by atoms with Gasteiger partial charge in [-0.3, -0.25) is 0 Å². The van der Waals surface area contributed by atoms with Crippen molar-refractivity contribution in [1.82, 2.24) is 0 Å². The SMILES string of the molecule is CCCC1CCC(CI)(OCCOCC(C)C)CC1. The normalized spacial score (nSPS) is 27.9. The summed E-state index contributed by atoms with van der Waals surface area (Å²) < 4.78 is 12.9. The zero-order chi connectivity index (χ0) is 14.1. The van der Waals surface area contributed by atoms with Crippen molar-refractivity contribution in [2.24, 2.45) is 11.8 Å². The second-order valence-electron chi connectivity index (χ2n) is 6.37. The van der Waals surface area contributed by atoms with E-state index in [4.69, 9.17) is 9.47 Å². The van der Waals surface area contributed by atoms with E-state index in [2.05, 4.69) is 43.4 Å². The molecule has 0 N–H and O–H groups in total. The van der Waals surface area contributed by atoms with Gasteiger partial charge in [-0.05, 0) is 37.5 Å². The molecule has 1 aliphatic carbocycles. The highest BCUT2D eigenvalue weighted by molar-refractivity contribution is 14.1. The molecule has 1 rings (SSSR count). The Bertz CT molecular complexity index is 223. The molecule has 1 saturated carbocycles. The van der Waals surface area contributed by atoms with E-state index in [9.17, 15) is 0 Å². The van der Waals surface area contributed by atoms with Gasteiger partial charge in [0, 0.05) is 11.0 Å². The van der Waals surface area contributed by atoms with Crippen LogP contribution in [0, 0.1) is 11.8 Å². The number of hydrogen-bond donors (Lipinski definition) is 0. The highest BCUT2D eigenvalue weighted by Gasteiger charge is 2.34. The Kier molecular flexibility index (Phi) is 8.91. The van der Waals surface area contributed by atoms with E-state index in [1.165, 1.54) is 38.5 Å². The molecular weight excluding hydrogens is 351 g/mol. The van der Waals surface area contributed by atoms with Crippen LogP contribution in [0.1, 0.15) is 59.3 Å². The maximum absolute atomic E-state index is 6.20. The average molecular weight is 382 g/mol. The van der Waals surface area contributed by atoms with Gasteiger partial charge in [-0.1, -0.05) is 56.2 Å². The molecule has 0 aliphatic heterocycles. The molecule has 0 amide bonds. The standard InChI is InChI=1S/C16H31IO2/c1-4-5-15-6-8-16(13-17,9-7-15)19-11-10-18-12-14(2)3/h14-15H,4-13H2,1-3H3. The van der Waals surface area contributed by atoms with Crippen molar-refractivity contribution >= 4 is 22.6 Å². The molecule has 0 saturated heterocycles. The molecule has 0 unspecified atom stereocenters. The maximum atomic E-state index is 6.20. The Hall–Kier alpha value is 0.650. The van der Waals surface area contributed by atoms with Crippen LogP contribution in [-0.4, -0.2) is 29.8 Å². The highest BCUT2D eigenvalue weighted by atomic mass is 127. The van der Waals surface area contributed by atoms with E-state index in [0.717, 1.165) is 30.2 Å². The predicted molar refractivity (Wildman–Crippen MR) is 90.1 cm³/mol. The first-order valence-corrected chi connectivity index (χ1v) is 9.42. The fraction of sp³-hybridized carbons (Fsp3) is 1.00. The third kappa shape index (κ3) is 6.76. The Labute approximate surface area is 133 Å². The van der Waals surface area contributed by atoms with Gasteiger partial charge < -0.3 is 9.47 Å². The third-order valence-electron chi connectivity index (χ3n) is 4.04. The third-order valence-corrected chi connectivity index (χ3v) is 5.43. The Morgan fingerprint density at radius 3 is 2.42 bits per heavy atom. The summed E-state index contributed by atoms with van der Waals surface area (Å²) in [6, 6.07) is 0. The first-order chi connectivity index (χ1) is 9.12. The van der Waals surface area contributed by atoms with Gasteiger partial charge in [-0.25, -0.2) is 0 Å². The Morgan fingerprint density at radius 1 is 1.21 bits per heavy atom. The molecule has 1 fully saturated rings. The largest absolute Gasteiger partial charge is 0.379 e. The van der Waals surface area contributed by atoms with E-state index in [-0.39, 0.29) is 5.60 Å². The minimum absolute atomic E-state index is 0.145. The van der Waals surface area contributed by atoms with Gasteiger partial charge >= 0.3 is 0 Å². The van der Waals surface area contributed by atoms with Gasteiger partial charge in [0.25, 0.3) is 0 Å². The van der Waals surface area contributed by atoms with Gasteiger partial charge in [-0.2, -0.15) is 0 Å². The lowest BCUT2D eigenvalue weighted by atomic mass is 9.78. The lowest BCUT2D eigenvalue weighted by molar-refractivity contribution is -0.0796. The number of ether oxygens (including phenoxy) is 2. The predicted octanol–water partition coefficient (Wildman–Crippen LogP) is 4.84. The molecule has 114 valence electrons. The molecule has 0 spiro atoms. The van der Waals surface area contributed by atoms with E-state index in [0.29, 0.717) is 5.92 Å². The number of rotatable bonds is 9. The molecule has 0 aromatic heterocycles.